The molecule has 0 aliphatic rings. The molecule has 5 atom stereocenters. The van der Waals surface area contributed by atoms with Crippen LogP contribution in [0.15, 0.2) is 0 Å². The van der Waals surface area contributed by atoms with Gasteiger partial charge < -0.3 is 33.8 Å². The second kappa shape index (κ2) is 81.6. The highest BCUT2D eigenvalue weighted by Gasteiger charge is 2.30. The lowest BCUT2D eigenvalue weighted by atomic mass is 10.0. The van der Waals surface area contributed by atoms with Gasteiger partial charge in [0.2, 0.25) is 0 Å². The molecule has 0 rings (SSSR count). The van der Waals surface area contributed by atoms with E-state index >= 15 is 0 Å². The normalized spacial score (nSPS) is 13.7. The Hall–Kier alpha value is -1.94. The van der Waals surface area contributed by atoms with Crippen LogP contribution in [0, 0.1) is 5.92 Å². The third-order valence-corrected chi connectivity index (χ3v) is 22.9. The fourth-order valence-corrected chi connectivity index (χ4v) is 15.6. The van der Waals surface area contributed by atoms with Gasteiger partial charge >= 0.3 is 39.5 Å². The molecule has 0 saturated heterocycles. The van der Waals surface area contributed by atoms with Crippen molar-refractivity contribution < 1.29 is 80.2 Å². The number of carbonyl (C=O) groups is 4. The zero-order chi connectivity index (χ0) is 79.0. The number of phosphoric ester groups is 2. The smallest absolute Gasteiger partial charge is 0.462 e. The number of hydrogen-bond donors (Lipinski definition) is 3. The van der Waals surface area contributed by atoms with Gasteiger partial charge in [-0.2, -0.15) is 0 Å². The van der Waals surface area contributed by atoms with Crippen LogP contribution < -0.4 is 0 Å². The molecule has 642 valence electrons. The molecule has 0 spiro atoms. The second-order valence-corrected chi connectivity index (χ2v) is 35.4. The minimum absolute atomic E-state index is 0.109. The summed E-state index contributed by atoms with van der Waals surface area (Å²) in [7, 11) is -9.93. The van der Waals surface area contributed by atoms with Crippen LogP contribution in [0.1, 0.15) is 484 Å². The van der Waals surface area contributed by atoms with E-state index in [1.165, 1.54) is 308 Å². The Labute approximate surface area is 664 Å². The zero-order valence-electron chi connectivity index (χ0n) is 71.0. The zero-order valence-corrected chi connectivity index (χ0v) is 72.8. The molecule has 0 aliphatic heterocycles. The maximum atomic E-state index is 13.2. The Morgan fingerprint density at radius 3 is 0.630 bits per heavy atom. The highest BCUT2D eigenvalue weighted by atomic mass is 31.2. The van der Waals surface area contributed by atoms with Crippen molar-refractivity contribution >= 4 is 39.5 Å². The van der Waals surface area contributed by atoms with Gasteiger partial charge in [0.1, 0.15) is 19.3 Å². The number of rotatable bonds is 89. The summed E-state index contributed by atoms with van der Waals surface area (Å²) >= 11 is 0. The molecule has 0 saturated carbocycles. The number of aliphatic hydroxyl groups is 1. The molecule has 2 unspecified atom stereocenters. The van der Waals surface area contributed by atoms with E-state index < -0.39 is 97.5 Å². The minimum atomic E-state index is -4.97. The van der Waals surface area contributed by atoms with Crippen molar-refractivity contribution in [3.8, 4) is 0 Å². The molecule has 0 bridgehead atoms. The van der Waals surface area contributed by atoms with Gasteiger partial charge in [0, 0.05) is 25.7 Å². The lowest BCUT2D eigenvalue weighted by Crippen LogP contribution is -2.30. The van der Waals surface area contributed by atoms with Crippen LogP contribution >= 0.6 is 15.6 Å². The molecule has 0 aromatic rings. The molecule has 0 heterocycles. The lowest BCUT2D eigenvalue weighted by molar-refractivity contribution is -0.161. The van der Waals surface area contributed by atoms with E-state index in [-0.39, 0.29) is 25.7 Å². The Morgan fingerprint density at radius 1 is 0.250 bits per heavy atom. The number of aliphatic hydroxyl groups excluding tert-OH is 1. The summed E-state index contributed by atoms with van der Waals surface area (Å²) in [4.78, 5) is 73.3. The van der Waals surface area contributed by atoms with Gasteiger partial charge in [-0.3, -0.25) is 37.3 Å². The first-order chi connectivity index (χ1) is 52.5. The topological polar surface area (TPSA) is 237 Å². The molecule has 3 N–H and O–H groups in total. The van der Waals surface area contributed by atoms with Gasteiger partial charge in [0.05, 0.1) is 26.4 Å². The van der Waals surface area contributed by atoms with Crippen LogP contribution in [0.25, 0.3) is 0 Å². The summed E-state index contributed by atoms with van der Waals surface area (Å²) in [6.45, 7) is 7.42. The Bertz CT molecular complexity index is 2050. The van der Waals surface area contributed by atoms with Gasteiger partial charge in [-0.1, -0.05) is 433 Å². The molecular weight excluding hydrogens is 1400 g/mol. The number of carbonyl (C=O) groups excluding carboxylic acids is 4. The van der Waals surface area contributed by atoms with Gasteiger partial charge in [0.15, 0.2) is 12.2 Å². The van der Waals surface area contributed by atoms with Crippen LogP contribution in [-0.4, -0.2) is 96.7 Å². The van der Waals surface area contributed by atoms with Crippen molar-refractivity contribution in [2.24, 2.45) is 5.92 Å². The molecule has 0 amide bonds. The number of hydrogen-bond acceptors (Lipinski definition) is 15. The van der Waals surface area contributed by atoms with E-state index in [0.717, 1.165) is 95.8 Å². The van der Waals surface area contributed by atoms with Crippen molar-refractivity contribution in [3.63, 3.8) is 0 Å². The monoisotopic (exact) mass is 1580 g/mol. The molecule has 0 aromatic heterocycles. The van der Waals surface area contributed by atoms with Crippen molar-refractivity contribution in [1.82, 2.24) is 0 Å². The number of esters is 4. The average Bonchev–Trinajstić information content (AvgIpc) is 0.900. The van der Waals surface area contributed by atoms with Gasteiger partial charge in [-0.05, 0) is 31.6 Å². The Balaban J connectivity index is 5.23. The third kappa shape index (κ3) is 82.1. The first kappa shape index (κ1) is 106. The minimum Gasteiger partial charge on any atom is -0.462 e. The SMILES string of the molecule is CCCCCCCCCCCCCCCCCCCCC(=O)OC[C@H](COP(=O)(O)OC[C@@H](O)COP(=O)(O)OC[C@@H](COC(=O)CCCCCCCCCCCCC)OC(=O)CCCCCCCCCCCCCCCCCCCC)OC(=O)CCCCCCCCCCCCCCCCCCCCC(C)C. The van der Waals surface area contributed by atoms with E-state index in [2.05, 4.69) is 34.6 Å². The maximum Gasteiger partial charge on any atom is 0.472 e. The molecular formula is C89H174O17P2. The molecule has 0 aromatic carbocycles. The molecule has 0 fully saturated rings. The van der Waals surface area contributed by atoms with Gasteiger partial charge in [0.25, 0.3) is 0 Å². The number of ether oxygens (including phenoxy) is 4. The van der Waals surface area contributed by atoms with Crippen molar-refractivity contribution in [2.75, 3.05) is 39.6 Å². The van der Waals surface area contributed by atoms with E-state index in [1.807, 2.05) is 0 Å². The van der Waals surface area contributed by atoms with Crippen LogP contribution in [0.3, 0.4) is 0 Å². The number of phosphoric acid groups is 2. The van der Waals surface area contributed by atoms with Crippen LogP contribution in [0.5, 0.6) is 0 Å². The largest absolute Gasteiger partial charge is 0.472 e. The maximum absolute atomic E-state index is 13.2. The Kier molecular flexibility index (Phi) is 80.2. The summed E-state index contributed by atoms with van der Waals surface area (Å²) in [5.74, 6) is -1.27. The summed E-state index contributed by atoms with van der Waals surface area (Å²) in [5, 5.41) is 10.7. The Morgan fingerprint density at radius 2 is 0.426 bits per heavy atom. The van der Waals surface area contributed by atoms with Crippen LogP contribution in [-0.2, 0) is 65.4 Å². The average molecular weight is 1580 g/mol. The highest BCUT2D eigenvalue weighted by Crippen LogP contribution is 2.45. The lowest BCUT2D eigenvalue weighted by Gasteiger charge is -2.21. The first-order valence-electron chi connectivity index (χ1n) is 46.1. The molecule has 17 nitrogen and oxygen atoms in total. The van der Waals surface area contributed by atoms with Crippen molar-refractivity contribution in [1.29, 1.82) is 0 Å². The summed E-state index contributed by atoms with van der Waals surface area (Å²) < 4.78 is 69.0. The summed E-state index contributed by atoms with van der Waals surface area (Å²) in [6.07, 6.45) is 76.4. The fourth-order valence-electron chi connectivity index (χ4n) is 14.0. The van der Waals surface area contributed by atoms with Gasteiger partial charge in [-0.15, -0.1) is 0 Å². The predicted molar refractivity (Wildman–Crippen MR) is 446 cm³/mol. The summed E-state index contributed by atoms with van der Waals surface area (Å²) in [6, 6.07) is 0. The molecule has 108 heavy (non-hydrogen) atoms. The molecule has 19 heteroatoms. The third-order valence-electron chi connectivity index (χ3n) is 21.0. The second-order valence-electron chi connectivity index (χ2n) is 32.5. The fraction of sp³-hybridized carbons (Fsp3) is 0.955. The van der Waals surface area contributed by atoms with Gasteiger partial charge in [-0.25, -0.2) is 9.13 Å². The van der Waals surface area contributed by atoms with E-state index in [4.69, 9.17) is 37.0 Å². The van der Waals surface area contributed by atoms with E-state index in [9.17, 15) is 43.2 Å². The molecule has 0 aliphatic carbocycles. The van der Waals surface area contributed by atoms with Crippen molar-refractivity contribution in [2.45, 2.75) is 502 Å². The highest BCUT2D eigenvalue weighted by molar-refractivity contribution is 7.47. The standard InChI is InChI=1S/C89H174O17P2/c1-6-9-12-15-18-21-24-26-28-30-35-39-43-48-53-58-63-68-73-87(92)100-79-85(106-89(94)75-70-65-60-55-50-45-41-37-33-32-34-38-42-47-51-56-61-66-71-82(4)5)81-104-108(97,98)102-77-83(90)76-101-107(95,96)103-80-84(78-99-86(91)72-67-62-57-52-46-23-20-17-14-11-8-3)105-88(93)74-69-64-59-54-49-44-40-36-31-29-27-25-22-19-16-13-10-7-2/h82-85,90H,6-81H2,1-5H3,(H,95,96)(H,97,98)/t83-,84+,85+/m0/s1. The van der Waals surface area contributed by atoms with Crippen molar-refractivity contribution in [3.05, 3.63) is 0 Å². The van der Waals surface area contributed by atoms with E-state index in [0.29, 0.717) is 25.7 Å². The molecule has 0 radical (unpaired) electrons. The summed E-state index contributed by atoms with van der Waals surface area (Å²) in [5.41, 5.74) is 0. The van der Waals surface area contributed by atoms with Crippen LogP contribution in [0.4, 0.5) is 0 Å². The van der Waals surface area contributed by atoms with E-state index in [1.54, 1.807) is 0 Å². The first-order valence-corrected chi connectivity index (χ1v) is 49.1. The predicted octanol–water partition coefficient (Wildman–Crippen LogP) is 27.5. The van der Waals surface area contributed by atoms with Crippen LogP contribution in [0.2, 0.25) is 0 Å². The number of unbranched alkanes of at least 4 members (excludes halogenated alkanes) is 61. The quantitative estimate of drug-likeness (QED) is 0.0222.